The van der Waals surface area contributed by atoms with Crippen molar-refractivity contribution in [2.45, 2.75) is 0 Å². The first-order valence-corrected chi connectivity index (χ1v) is 4.17. The summed E-state index contributed by atoms with van der Waals surface area (Å²) < 4.78 is 9.90. The number of nitro groups is 1. The second-order valence-electron chi connectivity index (χ2n) is 2.73. The lowest BCUT2D eigenvalue weighted by Gasteiger charge is -2.07. The molecule has 5 nitrogen and oxygen atoms in total. The molecule has 0 saturated heterocycles. The van der Waals surface area contributed by atoms with E-state index in [2.05, 4.69) is 6.58 Å². The van der Waals surface area contributed by atoms with Crippen LogP contribution >= 0.6 is 0 Å². The lowest BCUT2D eigenvalue weighted by molar-refractivity contribution is -0.385. The number of nitro benzene ring substituents is 1. The number of hydrogen-bond acceptors (Lipinski definition) is 4. The van der Waals surface area contributed by atoms with Gasteiger partial charge in [0.2, 0.25) is 0 Å². The fourth-order valence-corrected chi connectivity index (χ4v) is 1.21. The molecule has 0 aliphatic carbocycles. The third-order valence-corrected chi connectivity index (χ3v) is 1.95. The van der Waals surface area contributed by atoms with Crippen LogP contribution in [0.4, 0.5) is 5.69 Å². The van der Waals surface area contributed by atoms with Gasteiger partial charge in [-0.05, 0) is 6.07 Å². The van der Waals surface area contributed by atoms with Gasteiger partial charge in [-0.1, -0.05) is 12.7 Å². The van der Waals surface area contributed by atoms with E-state index >= 15 is 0 Å². The van der Waals surface area contributed by atoms with Crippen LogP contribution in [-0.4, -0.2) is 19.1 Å². The smallest absolute Gasteiger partial charge is 0.314 e. The molecule has 0 heterocycles. The fourth-order valence-electron chi connectivity index (χ4n) is 1.21. The van der Waals surface area contributed by atoms with E-state index in [1.807, 2.05) is 0 Å². The zero-order valence-electron chi connectivity index (χ0n) is 8.52. The molecule has 80 valence electrons. The summed E-state index contributed by atoms with van der Waals surface area (Å²) in [5.74, 6) is 0.591. The molecule has 0 bridgehead atoms. The van der Waals surface area contributed by atoms with Crippen LogP contribution < -0.4 is 9.47 Å². The quantitative estimate of drug-likeness (QED) is 0.563. The summed E-state index contributed by atoms with van der Waals surface area (Å²) in [7, 11) is 2.82. The minimum atomic E-state index is -0.520. The molecule has 1 rings (SSSR count). The van der Waals surface area contributed by atoms with E-state index in [9.17, 15) is 10.1 Å². The number of ether oxygens (including phenoxy) is 2. The van der Waals surface area contributed by atoms with Gasteiger partial charge in [0, 0.05) is 5.56 Å². The highest BCUT2D eigenvalue weighted by molar-refractivity contribution is 5.64. The van der Waals surface area contributed by atoms with Crippen molar-refractivity contribution in [2.24, 2.45) is 0 Å². The van der Waals surface area contributed by atoms with E-state index in [-0.39, 0.29) is 11.4 Å². The highest BCUT2D eigenvalue weighted by Gasteiger charge is 2.18. The first-order valence-electron chi connectivity index (χ1n) is 4.17. The predicted molar refractivity (Wildman–Crippen MR) is 56.3 cm³/mol. The van der Waals surface area contributed by atoms with Crippen LogP contribution in [-0.2, 0) is 0 Å². The minimum absolute atomic E-state index is 0.125. The SMILES string of the molecule is C=Cc1cc(OC)c([N+](=O)[O-])cc1OC. The lowest BCUT2D eigenvalue weighted by Crippen LogP contribution is -1.96. The van der Waals surface area contributed by atoms with Crippen molar-refractivity contribution in [3.63, 3.8) is 0 Å². The fraction of sp³-hybridized carbons (Fsp3) is 0.200. The van der Waals surface area contributed by atoms with E-state index in [1.165, 1.54) is 26.4 Å². The molecule has 0 N–H and O–H groups in total. The van der Waals surface area contributed by atoms with Gasteiger partial charge >= 0.3 is 5.69 Å². The second kappa shape index (κ2) is 4.45. The van der Waals surface area contributed by atoms with E-state index in [0.717, 1.165) is 0 Å². The lowest BCUT2D eigenvalue weighted by atomic mass is 10.1. The van der Waals surface area contributed by atoms with Crippen molar-refractivity contribution in [3.05, 3.63) is 34.4 Å². The Morgan fingerprint density at radius 1 is 1.33 bits per heavy atom. The number of nitrogens with zero attached hydrogens (tertiary/aromatic N) is 1. The van der Waals surface area contributed by atoms with Crippen LogP contribution in [0.5, 0.6) is 11.5 Å². The number of benzene rings is 1. The van der Waals surface area contributed by atoms with Crippen molar-refractivity contribution < 1.29 is 14.4 Å². The maximum Gasteiger partial charge on any atom is 0.314 e. The summed E-state index contributed by atoms with van der Waals surface area (Å²) in [5, 5.41) is 10.7. The molecule has 0 amide bonds. The summed E-state index contributed by atoms with van der Waals surface area (Å²) in [6.45, 7) is 3.58. The number of hydrogen-bond donors (Lipinski definition) is 0. The van der Waals surface area contributed by atoms with Crippen molar-refractivity contribution >= 4 is 11.8 Å². The third-order valence-electron chi connectivity index (χ3n) is 1.95. The molecule has 5 heteroatoms. The molecule has 0 atom stereocenters. The Labute approximate surface area is 87.1 Å². The molecular formula is C10H11NO4. The average molecular weight is 209 g/mol. The van der Waals surface area contributed by atoms with E-state index in [1.54, 1.807) is 6.08 Å². The molecule has 0 aromatic heterocycles. The highest BCUT2D eigenvalue weighted by Crippen LogP contribution is 2.34. The summed E-state index contributed by atoms with van der Waals surface area (Å²) >= 11 is 0. The molecule has 0 aliphatic heterocycles. The Morgan fingerprint density at radius 2 is 1.93 bits per heavy atom. The maximum absolute atomic E-state index is 10.7. The van der Waals surface area contributed by atoms with Crippen LogP contribution in [0.15, 0.2) is 18.7 Å². The van der Waals surface area contributed by atoms with Gasteiger partial charge < -0.3 is 9.47 Å². The number of methoxy groups -OCH3 is 2. The molecule has 0 fully saturated rings. The van der Waals surface area contributed by atoms with Crippen LogP contribution in [0.1, 0.15) is 5.56 Å². The molecular weight excluding hydrogens is 198 g/mol. The Morgan fingerprint density at radius 3 is 2.33 bits per heavy atom. The summed E-state index contributed by atoms with van der Waals surface area (Å²) in [5.41, 5.74) is 0.528. The van der Waals surface area contributed by atoms with Gasteiger partial charge in [-0.3, -0.25) is 10.1 Å². The van der Waals surface area contributed by atoms with Crippen molar-refractivity contribution in [1.82, 2.24) is 0 Å². The summed E-state index contributed by atoms with van der Waals surface area (Å²) in [6.07, 6.45) is 1.55. The molecule has 0 unspecified atom stereocenters. The van der Waals surface area contributed by atoms with Crippen molar-refractivity contribution in [2.75, 3.05) is 14.2 Å². The zero-order chi connectivity index (χ0) is 11.4. The molecule has 0 radical (unpaired) electrons. The number of rotatable bonds is 4. The molecule has 0 spiro atoms. The van der Waals surface area contributed by atoms with E-state index in [0.29, 0.717) is 11.3 Å². The van der Waals surface area contributed by atoms with Gasteiger partial charge in [-0.2, -0.15) is 0 Å². The van der Waals surface area contributed by atoms with Gasteiger partial charge in [0.15, 0.2) is 5.75 Å². The standard InChI is InChI=1S/C10H11NO4/c1-4-7-5-10(15-3)8(11(12)13)6-9(7)14-2/h4-6H,1H2,2-3H3. The Balaban J connectivity index is 3.40. The predicted octanol–water partition coefficient (Wildman–Crippen LogP) is 2.25. The third kappa shape index (κ3) is 2.07. The topological polar surface area (TPSA) is 61.6 Å². The van der Waals surface area contributed by atoms with Crippen molar-refractivity contribution in [1.29, 1.82) is 0 Å². The van der Waals surface area contributed by atoms with Crippen LogP contribution in [0.2, 0.25) is 0 Å². The summed E-state index contributed by atoms with van der Waals surface area (Å²) in [4.78, 5) is 10.2. The monoisotopic (exact) mass is 209 g/mol. The summed E-state index contributed by atoms with van der Waals surface area (Å²) in [6, 6.07) is 2.83. The Bertz CT molecular complexity index is 401. The Hall–Kier alpha value is -2.04. The van der Waals surface area contributed by atoms with Gasteiger partial charge in [0.05, 0.1) is 25.2 Å². The highest BCUT2D eigenvalue weighted by atomic mass is 16.6. The van der Waals surface area contributed by atoms with Gasteiger partial charge in [0.25, 0.3) is 0 Å². The second-order valence-corrected chi connectivity index (χ2v) is 2.73. The van der Waals surface area contributed by atoms with Crippen LogP contribution in [0.25, 0.3) is 6.08 Å². The maximum atomic E-state index is 10.7. The largest absolute Gasteiger partial charge is 0.496 e. The first kappa shape index (κ1) is 11.0. The van der Waals surface area contributed by atoms with Gasteiger partial charge in [-0.15, -0.1) is 0 Å². The van der Waals surface area contributed by atoms with Crippen LogP contribution in [0.3, 0.4) is 0 Å². The van der Waals surface area contributed by atoms with Gasteiger partial charge in [0.1, 0.15) is 5.75 Å². The van der Waals surface area contributed by atoms with E-state index in [4.69, 9.17) is 9.47 Å². The van der Waals surface area contributed by atoms with Gasteiger partial charge in [-0.25, -0.2) is 0 Å². The average Bonchev–Trinajstić information content (AvgIpc) is 2.26. The van der Waals surface area contributed by atoms with Crippen molar-refractivity contribution in [3.8, 4) is 11.5 Å². The molecule has 15 heavy (non-hydrogen) atoms. The Kier molecular flexibility index (Phi) is 3.28. The van der Waals surface area contributed by atoms with Crippen LogP contribution in [0, 0.1) is 10.1 Å². The normalized spacial score (nSPS) is 9.47. The van der Waals surface area contributed by atoms with E-state index < -0.39 is 4.92 Å². The zero-order valence-corrected chi connectivity index (χ0v) is 8.52. The molecule has 1 aromatic carbocycles. The minimum Gasteiger partial charge on any atom is -0.496 e. The molecule has 1 aromatic rings. The molecule has 0 saturated carbocycles. The molecule has 0 aliphatic rings. The first-order chi connectivity index (χ1) is 7.13.